The number of halogens is 1. The van der Waals surface area contributed by atoms with Crippen molar-refractivity contribution in [3.05, 3.63) is 17.0 Å². The molecule has 0 aliphatic rings. The summed E-state index contributed by atoms with van der Waals surface area (Å²) in [6.07, 6.45) is -0.00964. The maximum atomic E-state index is 10.4. The quantitative estimate of drug-likeness (QED) is 0.844. The molecule has 7 nitrogen and oxygen atoms in total. The lowest BCUT2D eigenvalue weighted by atomic mass is 10.4. The van der Waals surface area contributed by atoms with Gasteiger partial charge in [-0.05, 0) is 15.9 Å². The highest BCUT2D eigenvalue weighted by atomic mass is 79.9. The van der Waals surface area contributed by atoms with Crippen molar-refractivity contribution in [1.29, 1.82) is 0 Å². The summed E-state index contributed by atoms with van der Waals surface area (Å²) in [4.78, 5) is 14.4. The van der Waals surface area contributed by atoms with Crippen molar-refractivity contribution in [3.63, 3.8) is 0 Å². The van der Waals surface area contributed by atoms with Gasteiger partial charge in [0.2, 0.25) is 4.73 Å². The minimum Gasteiger partial charge on any atom is -0.493 e. The fraction of sp³-hybridized carbons (Fsp3) is 0.125. The molecule has 1 N–H and O–H groups in total. The van der Waals surface area contributed by atoms with Gasteiger partial charge in [0.15, 0.2) is 17.1 Å². The maximum Gasteiger partial charge on any atom is 0.511 e. The first-order chi connectivity index (χ1) is 7.60. The summed E-state index contributed by atoms with van der Waals surface area (Å²) in [5.41, 5.74) is 0.465. The van der Waals surface area contributed by atoms with Crippen LogP contribution in [0.15, 0.2) is 17.0 Å². The van der Waals surface area contributed by atoms with Crippen LogP contribution in [0.5, 0.6) is 11.5 Å². The lowest BCUT2D eigenvalue weighted by Gasteiger charge is -2.04. The van der Waals surface area contributed by atoms with E-state index < -0.39 is 6.16 Å². The highest BCUT2D eigenvalue weighted by Gasteiger charge is 2.11. The lowest BCUT2D eigenvalue weighted by molar-refractivity contribution is 0.144. The number of nitrogens with zero attached hydrogens (tertiary/aromatic N) is 3. The Labute approximate surface area is 97.7 Å². The molecule has 16 heavy (non-hydrogen) atoms. The Morgan fingerprint density at radius 2 is 2.38 bits per heavy atom. The summed E-state index contributed by atoms with van der Waals surface area (Å²) in [5, 5.41) is 12.4. The monoisotopic (exact) mass is 287 g/mol. The zero-order chi connectivity index (χ0) is 11.7. The van der Waals surface area contributed by atoms with Crippen LogP contribution in [0.1, 0.15) is 0 Å². The Morgan fingerprint density at radius 1 is 1.62 bits per heavy atom. The maximum absolute atomic E-state index is 10.4. The van der Waals surface area contributed by atoms with Crippen molar-refractivity contribution in [3.8, 4) is 11.5 Å². The van der Waals surface area contributed by atoms with Crippen molar-refractivity contribution in [2.24, 2.45) is 0 Å². The summed E-state index contributed by atoms with van der Waals surface area (Å²) in [6, 6.07) is 1.42. The SMILES string of the molecule is COc1cc(OC(=O)O)cn2nc(Br)nc12. The number of fused-ring (bicyclic) bond motifs is 1. The predicted molar refractivity (Wildman–Crippen MR) is 55.9 cm³/mol. The van der Waals surface area contributed by atoms with Crippen molar-refractivity contribution in [2.75, 3.05) is 7.11 Å². The normalized spacial score (nSPS) is 10.4. The Bertz CT molecular complexity index is 553. The smallest absolute Gasteiger partial charge is 0.493 e. The van der Waals surface area contributed by atoms with Crippen LogP contribution in [-0.4, -0.2) is 33.0 Å². The van der Waals surface area contributed by atoms with Gasteiger partial charge in [-0.15, -0.1) is 5.10 Å². The fourth-order valence-electron chi connectivity index (χ4n) is 1.21. The molecular weight excluding hydrogens is 282 g/mol. The van der Waals surface area contributed by atoms with E-state index in [1.165, 1.54) is 23.9 Å². The molecule has 2 aromatic heterocycles. The van der Waals surface area contributed by atoms with Gasteiger partial charge >= 0.3 is 6.16 Å². The van der Waals surface area contributed by atoms with Crippen molar-refractivity contribution < 1.29 is 19.4 Å². The molecular formula is C8H6BrN3O4. The second-order valence-corrected chi connectivity index (χ2v) is 3.47. The number of hydrogen-bond acceptors (Lipinski definition) is 5. The number of pyridine rings is 1. The molecule has 0 spiro atoms. The second kappa shape index (κ2) is 3.97. The van der Waals surface area contributed by atoms with Crippen LogP contribution in [0.25, 0.3) is 5.65 Å². The van der Waals surface area contributed by atoms with Crippen LogP contribution in [0, 0.1) is 0 Å². The van der Waals surface area contributed by atoms with Crippen LogP contribution < -0.4 is 9.47 Å². The van der Waals surface area contributed by atoms with Gasteiger partial charge in [-0.1, -0.05) is 0 Å². The number of hydrogen-bond donors (Lipinski definition) is 1. The molecule has 0 radical (unpaired) electrons. The minimum absolute atomic E-state index is 0.106. The highest BCUT2D eigenvalue weighted by Crippen LogP contribution is 2.25. The van der Waals surface area contributed by atoms with Gasteiger partial charge in [-0.25, -0.2) is 9.31 Å². The standard InChI is InChI=1S/C8H6BrN3O4/c1-15-5-2-4(16-8(13)14)3-12-6(5)10-7(9)11-12/h2-3H,1H3,(H,13,14). The van der Waals surface area contributed by atoms with Gasteiger partial charge in [0, 0.05) is 6.07 Å². The third kappa shape index (κ3) is 1.91. The van der Waals surface area contributed by atoms with E-state index in [4.69, 9.17) is 9.84 Å². The molecule has 2 rings (SSSR count). The summed E-state index contributed by atoms with van der Waals surface area (Å²) in [6.45, 7) is 0. The molecule has 8 heteroatoms. The number of methoxy groups -OCH3 is 1. The molecule has 0 aliphatic heterocycles. The Hall–Kier alpha value is -1.83. The number of rotatable bonds is 2. The third-order valence-corrected chi connectivity index (χ3v) is 2.11. The van der Waals surface area contributed by atoms with E-state index in [1.807, 2.05) is 0 Å². The van der Waals surface area contributed by atoms with Gasteiger partial charge in [0.05, 0.1) is 13.3 Å². The van der Waals surface area contributed by atoms with Gasteiger partial charge < -0.3 is 14.6 Å². The van der Waals surface area contributed by atoms with Gasteiger partial charge in [-0.2, -0.15) is 4.98 Å². The molecule has 0 aliphatic carbocycles. The van der Waals surface area contributed by atoms with E-state index in [-0.39, 0.29) is 5.75 Å². The zero-order valence-corrected chi connectivity index (χ0v) is 9.63. The molecule has 0 fully saturated rings. The number of carbonyl (C=O) groups is 1. The van der Waals surface area contributed by atoms with Crippen molar-refractivity contribution in [2.45, 2.75) is 0 Å². The largest absolute Gasteiger partial charge is 0.511 e. The molecule has 0 saturated carbocycles. The third-order valence-electron chi connectivity index (χ3n) is 1.77. The van der Waals surface area contributed by atoms with Gasteiger partial charge in [-0.3, -0.25) is 0 Å². The molecule has 0 saturated heterocycles. The van der Waals surface area contributed by atoms with E-state index in [1.54, 1.807) is 0 Å². The van der Waals surface area contributed by atoms with Crippen LogP contribution in [0.3, 0.4) is 0 Å². The van der Waals surface area contributed by atoms with Crippen LogP contribution in [0.2, 0.25) is 0 Å². The molecule has 0 bridgehead atoms. The minimum atomic E-state index is -1.40. The topological polar surface area (TPSA) is 86.0 Å². The molecule has 2 heterocycles. The van der Waals surface area contributed by atoms with E-state index in [0.29, 0.717) is 16.1 Å². The summed E-state index contributed by atoms with van der Waals surface area (Å²) in [5.74, 6) is 0.478. The van der Waals surface area contributed by atoms with Gasteiger partial charge in [0.1, 0.15) is 0 Å². The predicted octanol–water partition coefficient (Wildman–Crippen LogP) is 1.56. The average molecular weight is 288 g/mol. The van der Waals surface area contributed by atoms with E-state index in [9.17, 15) is 4.79 Å². The molecule has 0 unspecified atom stereocenters. The van der Waals surface area contributed by atoms with Crippen LogP contribution in [-0.2, 0) is 0 Å². The van der Waals surface area contributed by atoms with E-state index >= 15 is 0 Å². The molecule has 0 atom stereocenters. The van der Waals surface area contributed by atoms with E-state index in [0.717, 1.165) is 0 Å². The van der Waals surface area contributed by atoms with Crippen molar-refractivity contribution in [1.82, 2.24) is 14.6 Å². The van der Waals surface area contributed by atoms with Crippen LogP contribution >= 0.6 is 15.9 Å². The number of ether oxygens (including phenoxy) is 2. The summed E-state index contributed by atoms with van der Waals surface area (Å²) < 4.78 is 11.3. The first kappa shape index (κ1) is 10.7. The first-order valence-corrected chi connectivity index (χ1v) is 4.90. The summed E-state index contributed by atoms with van der Waals surface area (Å²) in [7, 11) is 1.45. The number of aromatic nitrogens is 3. The Morgan fingerprint density at radius 3 is 3.00 bits per heavy atom. The van der Waals surface area contributed by atoms with Gasteiger partial charge in [0.25, 0.3) is 0 Å². The second-order valence-electron chi connectivity index (χ2n) is 2.76. The Kier molecular flexibility index (Phi) is 2.65. The van der Waals surface area contributed by atoms with Crippen LogP contribution in [0.4, 0.5) is 4.79 Å². The average Bonchev–Trinajstić information content (AvgIpc) is 2.56. The van der Waals surface area contributed by atoms with Crippen molar-refractivity contribution >= 4 is 27.7 Å². The molecule has 84 valence electrons. The first-order valence-electron chi connectivity index (χ1n) is 4.11. The molecule has 2 aromatic rings. The highest BCUT2D eigenvalue weighted by molar-refractivity contribution is 9.10. The molecule has 0 aromatic carbocycles. The fourth-order valence-corrected chi connectivity index (χ4v) is 1.55. The number of carboxylic acid groups (broad SMARTS) is 1. The zero-order valence-electron chi connectivity index (χ0n) is 8.05. The Balaban J connectivity index is 2.57. The lowest BCUT2D eigenvalue weighted by Crippen LogP contribution is -2.04. The summed E-state index contributed by atoms with van der Waals surface area (Å²) >= 11 is 3.11. The van der Waals surface area contributed by atoms with E-state index in [2.05, 4.69) is 30.7 Å². The molecule has 0 amide bonds.